The van der Waals surface area contributed by atoms with Crippen LogP contribution in [0.15, 0.2) is 42.7 Å². The Morgan fingerprint density at radius 1 is 1.26 bits per heavy atom. The molecule has 6 nitrogen and oxygen atoms in total. The summed E-state index contributed by atoms with van der Waals surface area (Å²) in [6.07, 6.45) is 3.36. The molecule has 1 aromatic carbocycles. The van der Waals surface area contributed by atoms with E-state index >= 15 is 0 Å². The molecule has 0 atom stereocenters. The minimum atomic E-state index is -0.453. The van der Waals surface area contributed by atoms with Crippen molar-refractivity contribution in [2.75, 3.05) is 0 Å². The minimum absolute atomic E-state index is 0.0108. The third kappa shape index (κ3) is 3.26. The number of hydrogen-bond donors (Lipinski definition) is 1. The summed E-state index contributed by atoms with van der Waals surface area (Å²) in [5, 5.41) is 10.7. The summed E-state index contributed by atoms with van der Waals surface area (Å²) in [4.78, 5) is 14.1. The molecule has 19 heavy (non-hydrogen) atoms. The van der Waals surface area contributed by atoms with Gasteiger partial charge in [-0.3, -0.25) is 15.1 Å². The lowest BCUT2D eigenvalue weighted by Crippen LogP contribution is -2.03. The predicted molar refractivity (Wildman–Crippen MR) is 69.6 cm³/mol. The van der Waals surface area contributed by atoms with Crippen molar-refractivity contribution in [2.24, 2.45) is 5.73 Å². The first-order valence-corrected chi connectivity index (χ1v) is 5.70. The van der Waals surface area contributed by atoms with Gasteiger partial charge in [-0.2, -0.15) is 0 Å². The van der Waals surface area contributed by atoms with Gasteiger partial charge >= 0.3 is 0 Å². The smallest absolute Gasteiger partial charge is 0.270 e. The Bertz CT molecular complexity index is 573. The average molecular weight is 259 g/mol. The average Bonchev–Trinajstić information content (AvgIpc) is 2.45. The van der Waals surface area contributed by atoms with Crippen LogP contribution in [0.1, 0.15) is 11.1 Å². The van der Waals surface area contributed by atoms with Crippen molar-refractivity contribution < 1.29 is 9.66 Å². The van der Waals surface area contributed by atoms with Crippen LogP contribution in [0.25, 0.3) is 0 Å². The number of nitrogens with zero attached hydrogens (tertiary/aromatic N) is 2. The minimum Gasteiger partial charge on any atom is -0.489 e. The predicted octanol–water partition coefficient (Wildman–Crippen LogP) is 2.03. The van der Waals surface area contributed by atoms with Crippen LogP contribution < -0.4 is 10.5 Å². The van der Waals surface area contributed by atoms with E-state index in [9.17, 15) is 10.1 Å². The van der Waals surface area contributed by atoms with Gasteiger partial charge in [-0.25, -0.2) is 0 Å². The maximum Gasteiger partial charge on any atom is 0.270 e. The zero-order valence-corrected chi connectivity index (χ0v) is 10.2. The van der Waals surface area contributed by atoms with Crippen molar-refractivity contribution in [2.45, 2.75) is 13.2 Å². The fourth-order valence-electron chi connectivity index (χ4n) is 1.62. The number of rotatable bonds is 5. The fraction of sp³-hybridized carbons (Fsp3) is 0.154. The molecule has 98 valence electrons. The van der Waals surface area contributed by atoms with Gasteiger partial charge in [-0.05, 0) is 23.8 Å². The molecule has 2 N–H and O–H groups in total. The Hall–Kier alpha value is -2.47. The molecule has 0 unspecified atom stereocenters. The first-order chi connectivity index (χ1) is 9.20. The van der Waals surface area contributed by atoms with Crippen LogP contribution in [0.5, 0.6) is 5.75 Å². The molecule has 0 bridgehead atoms. The number of nitro benzene ring substituents is 1. The second-order valence-electron chi connectivity index (χ2n) is 3.90. The van der Waals surface area contributed by atoms with Crippen LogP contribution in [-0.2, 0) is 13.2 Å². The monoisotopic (exact) mass is 259 g/mol. The van der Waals surface area contributed by atoms with Crippen molar-refractivity contribution in [3.05, 3.63) is 64.0 Å². The van der Waals surface area contributed by atoms with Crippen LogP contribution in [-0.4, -0.2) is 9.91 Å². The lowest BCUT2D eigenvalue weighted by Gasteiger charge is -2.10. The van der Waals surface area contributed by atoms with E-state index in [1.165, 1.54) is 12.1 Å². The Kier molecular flexibility index (Phi) is 4.04. The highest BCUT2D eigenvalue weighted by molar-refractivity contribution is 5.43. The van der Waals surface area contributed by atoms with Gasteiger partial charge < -0.3 is 10.5 Å². The third-order valence-corrected chi connectivity index (χ3v) is 2.62. The van der Waals surface area contributed by atoms with Crippen molar-refractivity contribution >= 4 is 5.69 Å². The van der Waals surface area contributed by atoms with Gasteiger partial charge in [0.25, 0.3) is 5.69 Å². The Morgan fingerprint density at radius 2 is 2.00 bits per heavy atom. The molecule has 0 saturated carbocycles. The highest BCUT2D eigenvalue weighted by atomic mass is 16.6. The SMILES string of the molecule is NCc1cc([N+](=O)[O-])ccc1OCc1ccncc1. The Balaban J connectivity index is 2.14. The van der Waals surface area contributed by atoms with E-state index in [1.54, 1.807) is 18.5 Å². The largest absolute Gasteiger partial charge is 0.489 e. The van der Waals surface area contributed by atoms with E-state index in [-0.39, 0.29) is 12.2 Å². The Morgan fingerprint density at radius 3 is 2.63 bits per heavy atom. The van der Waals surface area contributed by atoms with Gasteiger partial charge in [0.15, 0.2) is 0 Å². The summed E-state index contributed by atoms with van der Waals surface area (Å²) >= 11 is 0. The topological polar surface area (TPSA) is 91.3 Å². The van der Waals surface area contributed by atoms with E-state index in [2.05, 4.69) is 4.98 Å². The van der Waals surface area contributed by atoms with Gasteiger partial charge in [0.05, 0.1) is 4.92 Å². The molecule has 6 heteroatoms. The van der Waals surface area contributed by atoms with Crippen LogP contribution in [0, 0.1) is 10.1 Å². The first kappa shape index (κ1) is 13.0. The highest BCUT2D eigenvalue weighted by Crippen LogP contribution is 2.24. The zero-order valence-electron chi connectivity index (χ0n) is 10.2. The van der Waals surface area contributed by atoms with Crippen LogP contribution in [0.2, 0.25) is 0 Å². The molecule has 1 heterocycles. The maximum atomic E-state index is 10.7. The number of pyridine rings is 1. The van der Waals surface area contributed by atoms with Crippen LogP contribution in [0.4, 0.5) is 5.69 Å². The lowest BCUT2D eigenvalue weighted by atomic mass is 10.2. The molecule has 0 spiro atoms. The molecule has 0 fully saturated rings. The summed E-state index contributed by atoms with van der Waals surface area (Å²) in [7, 11) is 0. The maximum absolute atomic E-state index is 10.7. The van der Waals surface area contributed by atoms with E-state index in [4.69, 9.17) is 10.5 Å². The van der Waals surface area contributed by atoms with E-state index in [0.717, 1.165) is 5.56 Å². The molecule has 0 radical (unpaired) electrons. The van der Waals surface area contributed by atoms with E-state index in [1.807, 2.05) is 12.1 Å². The number of aromatic nitrogens is 1. The normalized spacial score (nSPS) is 10.2. The molecule has 0 aliphatic rings. The summed E-state index contributed by atoms with van der Waals surface area (Å²) in [5.41, 5.74) is 7.17. The van der Waals surface area contributed by atoms with Gasteiger partial charge in [0.2, 0.25) is 0 Å². The molecule has 0 aliphatic carbocycles. The van der Waals surface area contributed by atoms with Gasteiger partial charge in [0, 0.05) is 36.6 Å². The van der Waals surface area contributed by atoms with Crippen molar-refractivity contribution in [1.29, 1.82) is 0 Å². The van der Waals surface area contributed by atoms with Gasteiger partial charge in [0.1, 0.15) is 12.4 Å². The second-order valence-corrected chi connectivity index (χ2v) is 3.90. The quantitative estimate of drug-likeness (QED) is 0.655. The highest BCUT2D eigenvalue weighted by Gasteiger charge is 2.10. The Labute approximate surface area is 110 Å². The van der Waals surface area contributed by atoms with Crippen molar-refractivity contribution in [3.8, 4) is 5.75 Å². The summed E-state index contributed by atoms with van der Waals surface area (Å²) < 4.78 is 5.62. The summed E-state index contributed by atoms with van der Waals surface area (Å²) in [6, 6.07) is 8.09. The number of hydrogen-bond acceptors (Lipinski definition) is 5. The number of nitrogens with two attached hydrogens (primary N) is 1. The lowest BCUT2D eigenvalue weighted by molar-refractivity contribution is -0.384. The molecule has 2 rings (SSSR count). The molecule has 0 saturated heterocycles. The number of nitro groups is 1. The molecule has 1 aromatic heterocycles. The second kappa shape index (κ2) is 5.92. The third-order valence-electron chi connectivity index (χ3n) is 2.62. The standard InChI is InChI=1S/C13H13N3O3/c14-8-11-7-12(16(17)18)1-2-13(11)19-9-10-3-5-15-6-4-10/h1-7H,8-9,14H2. The van der Waals surface area contributed by atoms with Gasteiger partial charge in [-0.1, -0.05) is 0 Å². The number of non-ortho nitro benzene ring substituents is 1. The van der Waals surface area contributed by atoms with E-state index < -0.39 is 4.92 Å². The number of ether oxygens (including phenoxy) is 1. The zero-order chi connectivity index (χ0) is 13.7. The van der Waals surface area contributed by atoms with Crippen LogP contribution in [0.3, 0.4) is 0 Å². The molecule has 2 aromatic rings. The van der Waals surface area contributed by atoms with Gasteiger partial charge in [-0.15, -0.1) is 0 Å². The molecule has 0 amide bonds. The summed E-state index contributed by atoms with van der Waals surface area (Å²) in [5.74, 6) is 0.560. The fourth-order valence-corrected chi connectivity index (χ4v) is 1.62. The molecular formula is C13H13N3O3. The first-order valence-electron chi connectivity index (χ1n) is 5.70. The van der Waals surface area contributed by atoms with Crippen molar-refractivity contribution in [3.63, 3.8) is 0 Å². The molecule has 0 aliphatic heterocycles. The molecular weight excluding hydrogens is 246 g/mol. The number of benzene rings is 1. The summed E-state index contributed by atoms with van der Waals surface area (Å²) in [6.45, 7) is 0.556. The van der Waals surface area contributed by atoms with E-state index in [0.29, 0.717) is 17.9 Å². The van der Waals surface area contributed by atoms with Crippen LogP contribution >= 0.6 is 0 Å². The van der Waals surface area contributed by atoms with Crippen molar-refractivity contribution in [1.82, 2.24) is 4.98 Å².